The van der Waals surface area contributed by atoms with Gasteiger partial charge in [0.1, 0.15) is 0 Å². The fourth-order valence-electron chi connectivity index (χ4n) is 3.08. The molecule has 0 saturated heterocycles. The summed E-state index contributed by atoms with van der Waals surface area (Å²) < 4.78 is 26.0. The van der Waals surface area contributed by atoms with Gasteiger partial charge >= 0.3 is 0 Å². The molecule has 0 radical (unpaired) electrons. The lowest BCUT2D eigenvalue weighted by Gasteiger charge is -2.29. The van der Waals surface area contributed by atoms with Crippen molar-refractivity contribution >= 4 is 9.84 Å². The molecule has 1 aliphatic rings. The number of benzene rings is 2. The van der Waals surface area contributed by atoms with Crippen molar-refractivity contribution in [3.63, 3.8) is 0 Å². The summed E-state index contributed by atoms with van der Waals surface area (Å²) in [4.78, 5) is 0.390. The Bertz CT molecular complexity index is 765. The van der Waals surface area contributed by atoms with E-state index in [2.05, 4.69) is 0 Å². The van der Waals surface area contributed by atoms with Crippen molar-refractivity contribution in [2.45, 2.75) is 36.0 Å². The van der Waals surface area contributed by atoms with Crippen LogP contribution in [0.3, 0.4) is 0 Å². The zero-order valence-electron chi connectivity index (χ0n) is 11.9. The third-order valence-electron chi connectivity index (χ3n) is 4.18. The highest BCUT2D eigenvalue weighted by Crippen LogP contribution is 2.43. The normalized spacial score (nSPS) is 21.8. The molecule has 21 heavy (non-hydrogen) atoms. The third-order valence-corrected chi connectivity index (χ3v) is 6.49. The van der Waals surface area contributed by atoms with Crippen LogP contribution in [0.5, 0.6) is 0 Å². The van der Waals surface area contributed by atoms with Gasteiger partial charge in [-0.3, -0.25) is 0 Å². The van der Waals surface area contributed by atoms with E-state index in [1.54, 1.807) is 12.1 Å². The van der Waals surface area contributed by atoms with E-state index in [1.165, 1.54) is 0 Å². The molecule has 2 atom stereocenters. The molecule has 2 aromatic carbocycles. The van der Waals surface area contributed by atoms with Crippen LogP contribution in [0, 0.1) is 6.92 Å². The molecule has 0 fully saturated rings. The summed E-state index contributed by atoms with van der Waals surface area (Å²) in [5.41, 5.74) is 2.24. The number of aliphatic hydroxyl groups is 1. The molecule has 0 spiro atoms. The molecule has 2 unspecified atom stereocenters. The van der Waals surface area contributed by atoms with Gasteiger partial charge in [0.05, 0.1) is 16.2 Å². The summed E-state index contributed by atoms with van der Waals surface area (Å²) in [6, 6.07) is 14.4. The second kappa shape index (κ2) is 5.28. The van der Waals surface area contributed by atoms with E-state index in [1.807, 2.05) is 43.3 Å². The Morgan fingerprint density at radius 1 is 0.952 bits per heavy atom. The quantitative estimate of drug-likeness (QED) is 0.925. The Kier molecular flexibility index (Phi) is 3.59. The summed E-state index contributed by atoms with van der Waals surface area (Å²) in [5.74, 6) is 0. The molecule has 0 aromatic heterocycles. The topological polar surface area (TPSA) is 54.4 Å². The van der Waals surface area contributed by atoms with Crippen LogP contribution in [0.25, 0.3) is 0 Å². The molecule has 0 amide bonds. The minimum absolute atomic E-state index is 0.390. The minimum atomic E-state index is -3.44. The van der Waals surface area contributed by atoms with Crippen LogP contribution in [-0.4, -0.2) is 13.5 Å². The van der Waals surface area contributed by atoms with Gasteiger partial charge in [-0.05, 0) is 42.5 Å². The van der Waals surface area contributed by atoms with Gasteiger partial charge in [-0.25, -0.2) is 8.42 Å². The van der Waals surface area contributed by atoms with E-state index in [0.717, 1.165) is 16.7 Å². The van der Waals surface area contributed by atoms with Crippen LogP contribution in [0.4, 0.5) is 0 Å². The Hall–Kier alpha value is -1.65. The van der Waals surface area contributed by atoms with Gasteiger partial charge in [-0.2, -0.15) is 0 Å². The highest BCUT2D eigenvalue weighted by atomic mass is 32.2. The number of hydrogen-bond donors (Lipinski definition) is 1. The van der Waals surface area contributed by atoms with Gasteiger partial charge in [0.15, 0.2) is 9.84 Å². The van der Waals surface area contributed by atoms with Crippen molar-refractivity contribution in [1.82, 2.24) is 0 Å². The summed E-state index contributed by atoms with van der Waals surface area (Å²) in [5, 5.41) is 9.50. The molecule has 2 aromatic rings. The van der Waals surface area contributed by atoms with Gasteiger partial charge in [0, 0.05) is 0 Å². The second-order valence-electron chi connectivity index (χ2n) is 5.52. The molecule has 3 rings (SSSR count). The number of fused-ring (bicyclic) bond motifs is 1. The summed E-state index contributed by atoms with van der Waals surface area (Å²) in [6.07, 6.45) is 0.367. The lowest BCUT2D eigenvalue weighted by molar-refractivity contribution is 0.155. The van der Waals surface area contributed by atoms with Crippen molar-refractivity contribution in [3.05, 3.63) is 65.2 Å². The fraction of sp³-hybridized carbons (Fsp3) is 0.294. The summed E-state index contributed by atoms with van der Waals surface area (Å²) in [6.45, 7) is 1.82. The largest absolute Gasteiger partial charge is 0.388 e. The van der Waals surface area contributed by atoms with Gasteiger partial charge in [-0.15, -0.1) is 0 Å². The third kappa shape index (κ3) is 2.39. The number of sulfone groups is 1. The maximum absolute atomic E-state index is 13.0. The zero-order valence-corrected chi connectivity index (χ0v) is 12.7. The van der Waals surface area contributed by atoms with Crippen molar-refractivity contribution in [3.8, 4) is 0 Å². The highest BCUT2D eigenvalue weighted by molar-refractivity contribution is 7.91. The van der Waals surface area contributed by atoms with Crippen LogP contribution in [-0.2, 0) is 9.84 Å². The van der Waals surface area contributed by atoms with Crippen LogP contribution < -0.4 is 0 Å². The standard InChI is InChI=1S/C17H18O3S/c1-12-6-2-5-9-16(12)21(19,20)17-11-10-15(18)13-7-3-4-8-14(13)17/h2-9,15,17-18H,10-11H2,1H3. The first kappa shape index (κ1) is 14.3. The second-order valence-corrected chi connectivity index (χ2v) is 7.62. The molecule has 0 bridgehead atoms. The molecule has 4 heteroatoms. The Morgan fingerprint density at radius 3 is 2.29 bits per heavy atom. The first-order valence-corrected chi connectivity index (χ1v) is 8.63. The van der Waals surface area contributed by atoms with Crippen molar-refractivity contribution in [2.24, 2.45) is 0 Å². The van der Waals surface area contributed by atoms with E-state index in [4.69, 9.17) is 0 Å². The highest BCUT2D eigenvalue weighted by Gasteiger charge is 2.36. The molecule has 0 saturated carbocycles. The number of hydrogen-bond acceptors (Lipinski definition) is 3. The molecular formula is C17H18O3S. The minimum Gasteiger partial charge on any atom is -0.388 e. The maximum atomic E-state index is 13.0. The van der Waals surface area contributed by atoms with Crippen LogP contribution in [0.2, 0.25) is 0 Å². The maximum Gasteiger partial charge on any atom is 0.185 e. The van der Waals surface area contributed by atoms with Gasteiger partial charge in [0.2, 0.25) is 0 Å². The van der Waals surface area contributed by atoms with E-state index in [9.17, 15) is 13.5 Å². The predicted molar refractivity (Wildman–Crippen MR) is 81.7 cm³/mol. The van der Waals surface area contributed by atoms with Gasteiger partial charge < -0.3 is 5.11 Å². The van der Waals surface area contributed by atoms with Crippen molar-refractivity contribution in [1.29, 1.82) is 0 Å². The molecule has 1 N–H and O–H groups in total. The molecule has 3 nitrogen and oxygen atoms in total. The predicted octanol–water partition coefficient (Wildman–Crippen LogP) is 3.34. The van der Waals surface area contributed by atoms with E-state index >= 15 is 0 Å². The van der Waals surface area contributed by atoms with E-state index in [0.29, 0.717) is 17.7 Å². The zero-order chi connectivity index (χ0) is 15.0. The Morgan fingerprint density at radius 2 is 1.57 bits per heavy atom. The van der Waals surface area contributed by atoms with Gasteiger partial charge in [-0.1, -0.05) is 42.5 Å². The fourth-order valence-corrected chi connectivity index (χ4v) is 5.17. The van der Waals surface area contributed by atoms with Crippen LogP contribution in [0.15, 0.2) is 53.4 Å². The average molecular weight is 302 g/mol. The summed E-state index contributed by atoms with van der Waals surface area (Å²) >= 11 is 0. The van der Waals surface area contributed by atoms with Gasteiger partial charge in [0.25, 0.3) is 0 Å². The van der Waals surface area contributed by atoms with Crippen molar-refractivity contribution in [2.75, 3.05) is 0 Å². The molecule has 1 aliphatic carbocycles. The lowest BCUT2D eigenvalue weighted by Crippen LogP contribution is -2.22. The van der Waals surface area contributed by atoms with Crippen LogP contribution in [0.1, 0.15) is 40.9 Å². The number of aliphatic hydroxyl groups excluding tert-OH is 1. The first-order valence-electron chi connectivity index (χ1n) is 7.08. The molecule has 110 valence electrons. The van der Waals surface area contributed by atoms with Crippen LogP contribution >= 0.6 is 0 Å². The smallest absolute Gasteiger partial charge is 0.185 e. The molecule has 0 heterocycles. The molecule has 0 aliphatic heterocycles. The number of aryl methyl sites for hydroxylation is 1. The first-order chi connectivity index (χ1) is 10.0. The number of rotatable bonds is 2. The average Bonchev–Trinajstić information content (AvgIpc) is 2.48. The Labute approximate surface area is 125 Å². The van der Waals surface area contributed by atoms with E-state index < -0.39 is 21.2 Å². The SMILES string of the molecule is Cc1ccccc1S(=O)(=O)C1CCC(O)c2ccccc21. The summed E-state index contributed by atoms with van der Waals surface area (Å²) in [7, 11) is -3.44. The lowest BCUT2D eigenvalue weighted by atomic mass is 9.89. The molecular weight excluding hydrogens is 284 g/mol. The van der Waals surface area contributed by atoms with E-state index in [-0.39, 0.29) is 0 Å². The monoisotopic (exact) mass is 302 g/mol. The van der Waals surface area contributed by atoms with Crippen molar-refractivity contribution < 1.29 is 13.5 Å². The Balaban J connectivity index is 2.14.